The second-order valence-corrected chi connectivity index (χ2v) is 9.64. The molecule has 8 nitrogen and oxygen atoms in total. The molecule has 2 aromatic carbocycles. The Balaban J connectivity index is 1.36. The van der Waals surface area contributed by atoms with Gasteiger partial charge in [0.15, 0.2) is 16.7 Å². The van der Waals surface area contributed by atoms with Crippen LogP contribution in [0.25, 0.3) is 5.69 Å². The van der Waals surface area contributed by atoms with Gasteiger partial charge in [-0.25, -0.2) is 0 Å². The van der Waals surface area contributed by atoms with Crippen molar-refractivity contribution in [3.63, 3.8) is 0 Å². The standard InChI is InChI=1S/C23H24ClN5O3S/c1-15(21(30)25-17-7-8-19-20(14-17)32-12-11-31-19)33-23-27-26-22(28-9-2-3-10-28)29(23)18-6-4-5-16(24)13-18/h4-8,13-15H,2-3,9-12H2,1H3,(H,25,30). The molecule has 0 aliphatic carbocycles. The fourth-order valence-corrected chi connectivity index (χ4v) is 4.93. The minimum atomic E-state index is -0.410. The number of carbonyl (C=O) groups is 1. The third-order valence-electron chi connectivity index (χ3n) is 5.53. The van der Waals surface area contributed by atoms with Crippen molar-refractivity contribution in [2.24, 2.45) is 0 Å². The van der Waals surface area contributed by atoms with Crippen molar-refractivity contribution in [1.82, 2.24) is 14.8 Å². The maximum atomic E-state index is 13.0. The van der Waals surface area contributed by atoms with Gasteiger partial charge in [-0.05, 0) is 50.1 Å². The molecule has 5 rings (SSSR count). The number of nitrogens with zero attached hydrogens (tertiary/aromatic N) is 4. The van der Waals surface area contributed by atoms with Gasteiger partial charge in [-0.15, -0.1) is 10.2 Å². The predicted octanol–water partition coefficient (Wildman–Crippen LogP) is 4.41. The molecule has 0 radical (unpaired) electrons. The van der Waals surface area contributed by atoms with Crippen molar-refractivity contribution < 1.29 is 14.3 Å². The van der Waals surface area contributed by atoms with Crippen molar-refractivity contribution in [2.45, 2.75) is 30.2 Å². The molecule has 10 heteroatoms. The predicted molar refractivity (Wildman–Crippen MR) is 129 cm³/mol. The number of fused-ring (bicyclic) bond motifs is 1. The van der Waals surface area contributed by atoms with Crippen LogP contribution in [0.1, 0.15) is 19.8 Å². The summed E-state index contributed by atoms with van der Waals surface area (Å²) >= 11 is 7.62. The first-order chi connectivity index (χ1) is 16.1. The number of thioether (sulfide) groups is 1. The van der Waals surface area contributed by atoms with Gasteiger partial charge in [0.05, 0.1) is 10.9 Å². The first-order valence-corrected chi connectivity index (χ1v) is 12.2. The highest BCUT2D eigenvalue weighted by Crippen LogP contribution is 2.34. The lowest BCUT2D eigenvalue weighted by molar-refractivity contribution is -0.115. The smallest absolute Gasteiger partial charge is 0.237 e. The summed E-state index contributed by atoms with van der Waals surface area (Å²) in [6.45, 7) is 4.74. The molecule has 172 valence electrons. The minimum absolute atomic E-state index is 0.139. The first-order valence-electron chi connectivity index (χ1n) is 10.9. The van der Waals surface area contributed by atoms with Crippen LogP contribution in [0.15, 0.2) is 47.6 Å². The lowest BCUT2D eigenvalue weighted by Crippen LogP contribution is -2.24. The van der Waals surface area contributed by atoms with Gasteiger partial charge >= 0.3 is 0 Å². The number of nitrogens with one attached hydrogen (secondary N) is 1. The fraction of sp³-hybridized carbons (Fsp3) is 0.348. The molecule has 2 aliphatic heterocycles. The van der Waals surface area contributed by atoms with Gasteiger partial charge in [-0.1, -0.05) is 29.4 Å². The number of benzene rings is 2. The second-order valence-electron chi connectivity index (χ2n) is 7.90. The first kappa shape index (κ1) is 21.9. The molecule has 33 heavy (non-hydrogen) atoms. The Bertz CT molecular complexity index is 1160. The molecule has 0 spiro atoms. The number of carbonyl (C=O) groups excluding carboxylic acids is 1. The zero-order chi connectivity index (χ0) is 22.8. The summed E-state index contributed by atoms with van der Waals surface area (Å²) in [5.74, 6) is 1.96. The molecule has 1 atom stereocenters. The number of hydrogen-bond donors (Lipinski definition) is 1. The van der Waals surface area contributed by atoms with Gasteiger partial charge in [0.1, 0.15) is 13.2 Å². The number of ether oxygens (including phenoxy) is 2. The second kappa shape index (κ2) is 9.52. The van der Waals surface area contributed by atoms with Crippen molar-refractivity contribution in [3.8, 4) is 17.2 Å². The summed E-state index contributed by atoms with van der Waals surface area (Å²) in [4.78, 5) is 15.2. The number of aromatic nitrogens is 3. The highest BCUT2D eigenvalue weighted by molar-refractivity contribution is 8.00. The fourth-order valence-electron chi connectivity index (χ4n) is 3.88. The van der Waals surface area contributed by atoms with Gasteiger partial charge in [-0.2, -0.15) is 0 Å². The van der Waals surface area contributed by atoms with E-state index < -0.39 is 5.25 Å². The van der Waals surface area contributed by atoms with Gasteiger partial charge in [0, 0.05) is 29.9 Å². The van der Waals surface area contributed by atoms with E-state index in [4.69, 9.17) is 21.1 Å². The summed E-state index contributed by atoms with van der Waals surface area (Å²) in [7, 11) is 0. The number of rotatable bonds is 6. The molecule has 3 aromatic rings. The van der Waals surface area contributed by atoms with Crippen LogP contribution in [0, 0.1) is 0 Å². The molecule has 1 saturated heterocycles. The molecule has 1 aromatic heterocycles. The Kier molecular flexibility index (Phi) is 6.32. The number of halogens is 1. The van der Waals surface area contributed by atoms with Crippen LogP contribution in [0.2, 0.25) is 5.02 Å². The molecule has 2 aliphatic rings. The van der Waals surface area contributed by atoms with E-state index in [-0.39, 0.29) is 5.91 Å². The van der Waals surface area contributed by atoms with Gasteiger partial charge < -0.3 is 19.7 Å². The Hall–Kier alpha value is -2.91. The minimum Gasteiger partial charge on any atom is -0.486 e. The van der Waals surface area contributed by atoms with Crippen molar-refractivity contribution in [1.29, 1.82) is 0 Å². The van der Waals surface area contributed by atoms with Gasteiger partial charge in [0.25, 0.3) is 0 Å². The third kappa shape index (κ3) is 4.74. The SMILES string of the molecule is CC(Sc1nnc(N2CCCC2)n1-c1cccc(Cl)c1)C(=O)Nc1ccc2c(c1)OCCO2. The maximum Gasteiger partial charge on any atom is 0.237 e. The lowest BCUT2D eigenvalue weighted by atomic mass is 10.2. The van der Waals surface area contributed by atoms with E-state index in [1.807, 2.05) is 41.8 Å². The molecule has 1 unspecified atom stereocenters. The Morgan fingerprint density at radius 3 is 2.67 bits per heavy atom. The van der Waals surface area contributed by atoms with Gasteiger partial charge in [0.2, 0.25) is 11.9 Å². The van der Waals surface area contributed by atoms with Crippen molar-refractivity contribution >= 4 is 40.9 Å². The Morgan fingerprint density at radius 2 is 1.88 bits per heavy atom. The van der Waals surface area contributed by atoms with Crippen LogP contribution in [0.5, 0.6) is 11.5 Å². The summed E-state index contributed by atoms with van der Waals surface area (Å²) in [5.41, 5.74) is 1.53. The Morgan fingerprint density at radius 1 is 1.09 bits per heavy atom. The number of anilines is 2. The monoisotopic (exact) mass is 485 g/mol. The van der Waals surface area contributed by atoms with E-state index in [1.165, 1.54) is 11.8 Å². The summed E-state index contributed by atoms with van der Waals surface area (Å²) in [6, 6.07) is 13.0. The van der Waals surface area contributed by atoms with Crippen molar-refractivity contribution in [2.75, 3.05) is 36.5 Å². The van der Waals surface area contributed by atoms with E-state index in [9.17, 15) is 4.79 Å². The highest BCUT2D eigenvalue weighted by Gasteiger charge is 2.25. The lowest BCUT2D eigenvalue weighted by Gasteiger charge is -2.20. The quantitative estimate of drug-likeness (QED) is 0.518. The summed E-state index contributed by atoms with van der Waals surface area (Å²) in [5, 5.41) is 12.7. The molecular weight excluding hydrogens is 462 g/mol. The molecule has 1 fully saturated rings. The topological polar surface area (TPSA) is 81.5 Å². The molecule has 3 heterocycles. The highest BCUT2D eigenvalue weighted by atomic mass is 35.5. The molecule has 0 saturated carbocycles. The van der Waals surface area contributed by atoms with Crippen LogP contribution in [-0.4, -0.2) is 52.2 Å². The van der Waals surface area contributed by atoms with Crippen LogP contribution in [-0.2, 0) is 4.79 Å². The van der Waals surface area contributed by atoms with E-state index >= 15 is 0 Å². The normalized spacial score (nSPS) is 16.0. The summed E-state index contributed by atoms with van der Waals surface area (Å²) in [6.07, 6.45) is 2.25. The van der Waals surface area contributed by atoms with E-state index in [0.717, 1.165) is 37.6 Å². The molecular formula is C23H24ClN5O3S. The van der Waals surface area contributed by atoms with E-state index in [2.05, 4.69) is 20.4 Å². The van der Waals surface area contributed by atoms with Crippen LogP contribution < -0.4 is 19.7 Å². The molecule has 1 amide bonds. The number of hydrogen-bond acceptors (Lipinski definition) is 7. The average molecular weight is 486 g/mol. The van der Waals surface area contributed by atoms with Crippen LogP contribution >= 0.6 is 23.4 Å². The van der Waals surface area contributed by atoms with Crippen molar-refractivity contribution in [3.05, 3.63) is 47.5 Å². The summed E-state index contributed by atoms with van der Waals surface area (Å²) < 4.78 is 13.1. The Labute approximate surface area is 201 Å². The average Bonchev–Trinajstić information content (AvgIpc) is 3.49. The van der Waals surface area contributed by atoms with Crippen LogP contribution in [0.4, 0.5) is 11.6 Å². The third-order valence-corrected chi connectivity index (χ3v) is 6.81. The molecule has 0 bridgehead atoms. The maximum absolute atomic E-state index is 13.0. The van der Waals surface area contributed by atoms with E-state index in [1.54, 1.807) is 12.1 Å². The largest absolute Gasteiger partial charge is 0.486 e. The van der Waals surface area contributed by atoms with Crippen LogP contribution in [0.3, 0.4) is 0 Å². The van der Waals surface area contributed by atoms with E-state index in [0.29, 0.717) is 40.6 Å². The van der Waals surface area contributed by atoms with Gasteiger partial charge in [-0.3, -0.25) is 9.36 Å². The zero-order valence-electron chi connectivity index (χ0n) is 18.2. The molecule has 1 N–H and O–H groups in total. The number of amides is 1. The zero-order valence-corrected chi connectivity index (χ0v) is 19.7.